The molecule has 5 nitrogen and oxygen atoms in total. The van der Waals surface area contributed by atoms with Crippen molar-refractivity contribution >= 4 is 27.8 Å². The van der Waals surface area contributed by atoms with Gasteiger partial charge in [0.15, 0.2) is 0 Å². The average Bonchev–Trinajstić information content (AvgIpc) is 2.34. The first kappa shape index (κ1) is 14.4. The number of carboxylic acids is 1. The second kappa shape index (κ2) is 6.90. The van der Waals surface area contributed by atoms with Gasteiger partial charge in [-0.05, 0) is 41.4 Å². The lowest BCUT2D eigenvalue weighted by Crippen LogP contribution is -2.40. The summed E-state index contributed by atoms with van der Waals surface area (Å²) >= 11 is 3.21. The lowest BCUT2D eigenvalue weighted by atomic mass is 10.2. The molecule has 0 aliphatic rings. The maximum absolute atomic E-state index is 11.8. The number of rotatable bonds is 5. The monoisotopic (exact) mass is 312 g/mol. The smallest absolute Gasteiger partial charge is 0.326 e. The van der Waals surface area contributed by atoms with E-state index in [1.165, 1.54) is 12.3 Å². The highest BCUT2D eigenvalue weighted by atomic mass is 79.9. The van der Waals surface area contributed by atoms with Gasteiger partial charge < -0.3 is 10.4 Å². The molecule has 0 saturated heterocycles. The Morgan fingerprint density at radius 2 is 2.28 bits per heavy atom. The van der Waals surface area contributed by atoms with Crippen LogP contribution in [0.4, 0.5) is 0 Å². The van der Waals surface area contributed by atoms with Crippen molar-refractivity contribution in [2.24, 2.45) is 0 Å². The van der Waals surface area contributed by atoms with E-state index in [9.17, 15) is 9.59 Å². The van der Waals surface area contributed by atoms with Gasteiger partial charge in [0, 0.05) is 10.7 Å². The zero-order chi connectivity index (χ0) is 13.5. The van der Waals surface area contributed by atoms with Gasteiger partial charge in [-0.25, -0.2) is 9.78 Å². The summed E-state index contributed by atoms with van der Waals surface area (Å²) in [5.74, 6) is -1.57. The van der Waals surface area contributed by atoms with Gasteiger partial charge in [-0.3, -0.25) is 4.79 Å². The molecule has 0 saturated carbocycles. The van der Waals surface area contributed by atoms with Crippen LogP contribution >= 0.6 is 15.9 Å². The Kier molecular flexibility index (Phi) is 5.51. The minimum atomic E-state index is -1.07. The van der Waals surface area contributed by atoms with Crippen LogP contribution in [0.5, 0.6) is 0 Å². The highest BCUT2D eigenvalue weighted by Crippen LogP contribution is 2.07. The summed E-state index contributed by atoms with van der Waals surface area (Å²) in [4.78, 5) is 26.6. The normalized spacial score (nSPS) is 12.3. The summed E-state index contributed by atoms with van der Waals surface area (Å²) in [7, 11) is 0. The minimum absolute atomic E-state index is 0.185. The predicted octanol–water partition coefficient (Wildman–Crippen LogP) is 1.99. The number of carboxylic acid groups (broad SMARTS) is 1. The third-order valence-electron chi connectivity index (χ3n) is 2.17. The van der Waals surface area contributed by atoms with E-state index in [0.717, 1.165) is 4.47 Å². The Morgan fingerprint density at radius 1 is 1.56 bits per heavy atom. The third kappa shape index (κ3) is 4.29. The molecule has 1 amide bonds. The van der Waals surface area contributed by atoms with Crippen molar-refractivity contribution in [3.63, 3.8) is 0 Å². The van der Waals surface area contributed by atoms with Crippen molar-refractivity contribution in [2.75, 3.05) is 0 Å². The van der Waals surface area contributed by atoms with Gasteiger partial charge in [0.1, 0.15) is 11.7 Å². The first-order valence-corrected chi connectivity index (χ1v) is 6.10. The number of pyridine rings is 1. The van der Waals surface area contributed by atoms with Crippen molar-refractivity contribution in [2.45, 2.75) is 19.4 Å². The standard InChI is InChI=1S/C12H13BrN2O3/c1-2-3-4-10(12(17)18)15-11(16)9-6-5-8(13)7-14-9/h2-3,5-7,10H,4H2,1H3,(H,15,16)(H,17,18)/b3-2+. The van der Waals surface area contributed by atoms with Crippen LogP contribution in [0.3, 0.4) is 0 Å². The zero-order valence-electron chi connectivity index (χ0n) is 9.76. The third-order valence-corrected chi connectivity index (χ3v) is 2.64. The van der Waals surface area contributed by atoms with Crippen molar-refractivity contribution in [1.82, 2.24) is 10.3 Å². The van der Waals surface area contributed by atoms with E-state index in [2.05, 4.69) is 26.2 Å². The molecule has 1 aromatic rings. The molecule has 1 heterocycles. The van der Waals surface area contributed by atoms with Crippen molar-refractivity contribution < 1.29 is 14.7 Å². The van der Waals surface area contributed by atoms with Crippen molar-refractivity contribution in [1.29, 1.82) is 0 Å². The predicted molar refractivity (Wildman–Crippen MR) is 70.3 cm³/mol. The number of hydrogen-bond donors (Lipinski definition) is 2. The Morgan fingerprint density at radius 3 is 2.78 bits per heavy atom. The molecule has 0 bridgehead atoms. The van der Waals surface area contributed by atoms with Crippen LogP contribution in [0.2, 0.25) is 0 Å². The van der Waals surface area contributed by atoms with Crippen LogP contribution in [-0.4, -0.2) is 28.0 Å². The van der Waals surface area contributed by atoms with Gasteiger partial charge in [-0.1, -0.05) is 12.2 Å². The molecule has 0 spiro atoms. The molecule has 0 fully saturated rings. The Balaban J connectivity index is 2.72. The van der Waals surface area contributed by atoms with Crippen LogP contribution in [0.15, 0.2) is 35.0 Å². The quantitative estimate of drug-likeness (QED) is 0.815. The molecule has 1 unspecified atom stereocenters. The summed E-state index contributed by atoms with van der Waals surface area (Å²) in [6.45, 7) is 1.79. The summed E-state index contributed by atoms with van der Waals surface area (Å²) in [5.41, 5.74) is 0.185. The number of halogens is 1. The van der Waals surface area contributed by atoms with E-state index in [1.54, 1.807) is 25.1 Å². The molecule has 1 atom stereocenters. The first-order valence-electron chi connectivity index (χ1n) is 5.31. The zero-order valence-corrected chi connectivity index (χ0v) is 11.3. The summed E-state index contributed by atoms with van der Waals surface area (Å²) in [5, 5.41) is 11.4. The average molecular weight is 313 g/mol. The highest BCUT2D eigenvalue weighted by Gasteiger charge is 2.19. The molecule has 2 N–H and O–H groups in total. The fourth-order valence-electron chi connectivity index (χ4n) is 1.24. The molecule has 0 aromatic carbocycles. The summed E-state index contributed by atoms with van der Waals surface area (Å²) in [6.07, 6.45) is 5.15. The van der Waals surface area contributed by atoms with Gasteiger partial charge >= 0.3 is 5.97 Å². The molecule has 0 aliphatic carbocycles. The first-order chi connectivity index (χ1) is 8.54. The second-order valence-corrected chi connectivity index (χ2v) is 4.45. The van der Waals surface area contributed by atoms with Gasteiger partial charge in [0.05, 0.1) is 0 Å². The Hall–Kier alpha value is -1.69. The summed E-state index contributed by atoms with van der Waals surface area (Å²) in [6, 6.07) is 2.25. The number of nitrogens with zero attached hydrogens (tertiary/aromatic N) is 1. The Bertz CT molecular complexity index is 457. The van der Waals surface area contributed by atoms with Crippen LogP contribution < -0.4 is 5.32 Å². The fourth-order valence-corrected chi connectivity index (χ4v) is 1.47. The van der Waals surface area contributed by atoms with Crippen LogP contribution in [-0.2, 0) is 4.79 Å². The lowest BCUT2D eigenvalue weighted by Gasteiger charge is -2.12. The molecule has 0 radical (unpaired) electrons. The van der Waals surface area contributed by atoms with Crippen LogP contribution in [0, 0.1) is 0 Å². The van der Waals surface area contributed by atoms with Gasteiger partial charge in [0.25, 0.3) is 5.91 Å². The molecule has 0 aliphatic heterocycles. The highest BCUT2D eigenvalue weighted by molar-refractivity contribution is 9.10. The number of aromatic nitrogens is 1. The largest absolute Gasteiger partial charge is 0.480 e. The van der Waals surface area contributed by atoms with E-state index in [-0.39, 0.29) is 12.1 Å². The lowest BCUT2D eigenvalue weighted by molar-refractivity contribution is -0.139. The van der Waals surface area contributed by atoms with Crippen LogP contribution in [0.25, 0.3) is 0 Å². The molecule has 1 aromatic heterocycles. The maximum Gasteiger partial charge on any atom is 0.326 e. The maximum atomic E-state index is 11.8. The van der Waals surface area contributed by atoms with Crippen molar-refractivity contribution in [3.8, 4) is 0 Å². The molecule has 1 rings (SSSR count). The van der Waals surface area contributed by atoms with Crippen molar-refractivity contribution in [3.05, 3.63) is 40.6 Å². The number of carbonyl (C=O) groups excluding carboxylic acids is 1. The fraction of sp³-hybridized carbons (Fsp3) is 0.250. The number of nitrogens with one attached hydrogen (secondary N) is 1. The van der Waals surface area contributed by atoms with E-state index in [1.807, 2.05) is 0 Å². The molecule has 18 heavy (non-hydrogen) atoms. The number of carbonyl (C=O) groups is 2. The number of aliphatic carboxylic acids is 1. The van der Waals surface area contributed by atoms with Gasteiger partial charge in [-0.15, -0.1) is 0 Å². The minimum Gasteiger partial charge on any atom is -0.480 e. The SMILES string of the molecule is C/C=C/CC(NC(=O)c1ccc(Br)cn1)C(=O)O. The van der Waals surface area contributed by atoms with E-state index >= 15 is 0 Å². The topological polar surface area (TPSA) is 79.3 Å². The van der Waals surface area contributed by atoms with Gasteiger partial charge in [-0.2, -0.15) is 0 Å². The number of hydrogen-bond acceptors (Lipinski definition) is 3. The van der Waals surface area contributed by atoms with Gasteiger partial charge in [0.2, 0.25) is 0 Å². The van der Waals surface area contributed by atoms with E-state index < -0.39 is 17.9 Å². The molecule has 96 valence electrons. The van der Waals surface area contributed by atoms with E-state index in [0.29, 0.717) is 0 Å². The number of amides is 1. The van der Waals surface area contributed by atoms with E-state index in [4.69, 9.17) is 5.11 Å². The summed E-state index contributed by atoms with van der Waals surface area (Å²) < 4.78 is 0.753. The molecular formula is C12H13BrN2O3. The molecule has 6 heteroatoms. The number of allylic oxidation sites excluding steroid dienone is 1. The van der Waals surface area contributed by atoms with Crippen LogP contribution in [0.1, 0.15) is 23.8 Å². The molecular weight excluding hydrogens is 300 g/mol. The Labute approximate surface area is 113 Å². The second-order valence-electron chi connectivity index (χ2n) is 3.53.